The number of amides is 2. The van der Waals surface area contributed by atoms with Crippen molar-refractivity contribution in [2.24, 2.45) is 16.9 Å². The number of anilines is 1. The third-order valence-corrected chi connectivity index (χ3v) is 3.59. The molecule has 1 saturated carbocycles. The first-order valence-electron chi connectivity index (χ1n) is 6.53. The maximum absolute atomic E-state index is 11.4. The molecule has 0 aromatic heterocycles. The van der Waals surface area contributed by atoms with Gasteiger partial charge < -0.3 is 10.4 Å². The molecule has 3 atom stereocenters. The van der Waals surface area contributed by atoms with E-state index in [2.05, 4.69) is 15.8 Å². The van der Waals surface area contributed by atoms with Crippen molar-refractivity contribution >= 4 is 23.2 Å². The van der Waals surface area contributed by atoms with E-state index in [-0.39, 0.29) is 17.7 Å². The Hall–Kier alpha value is -2.21. The van der Waals surface area contributed by atoms with Crippen LogP contribution in [-0.2, 0) is 9.59 Å². The SMILES string of the molecule is CC(O)C(=O)Nc1ccc(C2=NNC(=O)C3CC23)cc1. The predicted octanol–water partition coefficient (Wildman–Crippen LogP) is 0.476. The fourth-order valence-electron chi connectivity index (χ4n) is 2.32. The summed E-state index contributed by atoms with van der Waals surface area (Å²) in [5.74, 6) is -0.152. The first kappa shape index (κ1) is 12.8. The number of aliphatic hydroxyl groups excluding tert-OH is 1. The van der Waals surface area contributed by atoms with Gasteiger partial charge in [0.2, 0.25) is 5.91 Å². The molecule has 0 radical (unpaired) electrons. The summed E-state index contributed by atoms with van der Waals surface area (Å²) < 4.78 is 0. The molecule has 104 valence electrons. The van der Waals surface area contributed by atoms with Crippen LogP contribution in [-0.4, -0.2) is 28.7 Å². The third-order valence-electron chi connectivity index (χ3n) is 3.59. The minimum atomic E-state index is -1.04. The number of hydrogen-bond acceptors (Lipinski definition) is 4. The van der Waals surface area contributed by atoms with Gasteiger partial charge in [0.05, 0.1) is 5.71 Å². The van der Waals surface area contributed by atoms with Crippen LogP contribution in [0.3, 0.4) is 0 Å². The average Bonchev–Trinajstić information content (AvgIpc) is 3.21. The molecule has 1 heterocycles. The lowest BCUT2D eigenvalue weighted by Gasteiger charge is -2.12. The van der Waals surface area contributed by atoms with E-state index >= 15 is 0 Å². The Morgan fingerprint density at radius 3 is 2.75 bits per heavy atom. The minimum absolute atomic E-state index is 0.000401. The van der Waals surface area contributed by atoms with Crippen LogP contribution in [0, 0.1) is 11.8 Å². The molecule has 1 fully saturated rings. The second kappa shape index (κ2) is 4.72. The molecule has 3 N–H and O–H groups in total. The van der Waals surface area contributed by atoms with Crippen molar-refractivity contribution in [3.05, 3.63) is 29.8 Å². The smallest absolute Gasteiger partial charge is 0.252 e. The topological polar surface area (TPSA) is 90.8 Å². The van der Waals surface area contributed by atoms with Gasteiger partial charge in [0.15, 0.2) is 0 Å². The summed E-state index contributed by atoms with van der Waals surface area (Å²) in [4.78, 5) is 22.7. The number of hydrazone groups is 1. The van der Waals surface area contributed by atoms with Gasteiger partial charge in [-0.3, -0.25) is 9.59 Å². The summed E-state index contributed by atoms with van der Waals surface area (Å²) in [6.07, 6.45) is -0.189. The van der Waals surface area contributed by atoms with Gasteiger partial charge in [-0.15, -0.1) is 0 Å². The highest BCUT2D eigenvalue weighted by Crippen LogP contribution is 2.43. The van der Waals surface area contributed by atoms with Crippen molar-refractivity contribution in [1.29, 1.82) is 0 Å². The number of benzene rings is 1. The van der Waals surface area contributed by atoms with Crippen molar-refractivity contribution in [3.8, 4) is 0 Å². The molecule has 0 spiro atoms. The average molecular weight is 273 g/mol. The zero-order valence-electron chi connectivity index (χ0n) is 11.0. The highest BCUT2D eigenvalue weighted by Gasteiger charge is 2.49. The second-order valence-corrected chi connectivity index (χ2v) is 5.16. The van der Waals surface area contributed by atoms with Crippen LogP contribution in [0.4, 0.5) is 5.69 Å². The van der Waals surface area contributed by atoms with Crippen molar-refractivity contribution in [2.45, 2.75) is 19.4 Å². The van der Waals surface area contributed by atoms with Crippen LogP contribution in [0.15, 0.2) is 29.4 Å². The van der Waals surface area contributed by atoms with Crippen molar-refractivity contribution in [1.82, 2.24) is 5.43 Å². The Kier molecular flexibility index (Phi) is 3.02. The Balaban J connectivity index is 1.74. The normalized spacial score (nSPS) is 25.1. The number of rotatable bonds is 3. The molecular formula is C14H15N3O3. The van der Waals surface area contributed by atoms with Gasteiger partial charge in [0.1, 0.15) is 6.10 Å². The van der Waals surface area contributed by atoms with Crippen molar-refractivity contribution in [2.75, 3.05) is 5.32 Å². The van der Waals surface area contributed by atoms with E-state index in [0.717, 1.165) is 17.7 Å². The summed E-state index contributed by atoms with van der Waals surface area (Å²) in [6, 6.07) is 7.21. The highest BCUT2D eigenvalue weighted by molar-refractivity contribution is 6.09. The van der Waals surface area contributed by atoms with E-state index < -0.39 is 12.0 Å². The van der Waals surface area contributed by atoms with Crippen LogP contribution in [0.25, 0.3) is 0 Å². The Labute approximate surface area is 115 Å². The van der Waals surface area contributed by atoms with Gasteiger partial charge in [-0.2, -0.15) is 5.10 Å². The van der Waals surface area contributed by atoms with E-state index in [1.807, 2.05) is 12.1 Å². The molecule has 3 rings (SSSR count). The number of aliphatic hydroxyl groups is 1. The van der Waals surface area contributed by atoms with Gasteiger partial charge in [0.25, 0.3) is 5.91 Å². The molecule has 1 aromatic rings. The molecular weight excluding hydrogens is 258 g/mol. The van der Waals surface area contributed by atoms with Crippen LogP contribution in [0.1, 0.15) is 18.9 Å². The summed E-state index contributed by atoms with van der Waals surface area (Å²) in [5, 5.41) is 15.8. The van der Waals surface area contributed by atoms with Gasteiger partial charge in [-0.05, 0) is 31.0 Å². The van der Waals surface area contributed by atoms with E-state index in [0.29, 0.717) is 5.69 Å². The molecule has 20 heavy (non-hydrogen) atoms. The standard InChI is InChI=1S/C14H15N3O3/c1-7(18)13(19)15-9-4-2-8(3-5-9)12-10-6-11(10)14(20)17-16-12/h2-5,7,10-11,18H,6H2,1H3,(H,15,19)(H,17,20). The molecule has 3 unspecified atom stereocenters. The first-order chi connectivity index (χ1) is 9.56. The molecule has 1 aliphatic carbocycles. The van der Waals surface area contributed by atoms with E-state index in [4.69, 9.17) is 5.11 Å². The van der Waals surface area contributed by atoms with Crippen molar-refractivity contribution < 1.29 is 14.7 Å². The molecule has 1 aromatic carbocycles. The van der Waals surface area contributed by atoms with Gasteiger partial charge in [-0.25, -0.2) is 5.43 Å². The number of carbonyl (C=O) groups is 2. The van der Waals surface area contributed by atoms with Crippen molar-refractivity contribution in [3.63, 3.8) is 0 Å². The lowest BCUT2D eigenvalue weighted by atomic mass is 10.0. The number of carbonyl (C=O) groups excluding carboxylic acids is 2. The quantitative estimate of drug-likeness (QED) is 0.748. The van der Waals surface area contributed by atoms with E-state index in [1.165, 1.54) is 6.92 Å². The van der Waals surface area contributed by atoms with E-state index in [9.17, 15) is 9.59 Å². The molecule has 6 heteroatoms. The lowest BCUT2D eigenvalue weighted by molar-refractivity contribution is -0.123. The van der Waals surface area contributed by atoms with Crippen LogP contribution < -0.4 is 10.7 Å². The number of nitrogens with one attached hydrogen (secondary N) is 2. The van der Waals surface area contributed by atoms with Crippen LogP contribution in [0.5, 0.6) is 0 Å². The molecule has 0 saturated heterocycles. The first-order valence-corrected chi connectivity index (χ1v) is 6.53. The monoisotopic (exact) mass is 273 g/mol. The zero-order valence-corrected chi connectivity index (χ0v) is 11.0. The zero-order chi connectivity index (χ0) is 14.3. The number of hydrogen-bond donors (Lipinski definition) is 3. The van der Waals surface area contributed by atoms with Crippen LogP contribution in [0.2, 0.25) is 0 Å². The maximum Gasteiger partial charge on any atom is 0.252 e. The van der Waals surface area contributed by atoms with Crippen LogP contribution >= 0.6 is 0 Å². The Bertz CT molecular complexity index is 592. The molecule has 2 amide bonds. The molecule has 1 aliphatic heterocycles. The fourth-order valence-corrected chi connectivity index (χ4v) is 2.32. The highest BCUT2D eigenvalue weighted by atomic mass is 16.3. The van der Waals surface area contributed by atoms with Gasteiger partial charge >= 0.3 is 0 Å². The number of fused-ring (bicyclic) bond motifs is 1. The van der Waals surface area contributed by atoms with Gasteiger partial charge in [0, 0.05) is 17.5 Å². The summed E-state index contributed by atoms with van der Waals surface area (Å²) >= 11 is 0. The maximum atomic E-state index is 11.4. The number of nitrogens with zero attached hydrogens (tertiary/aromatic N) is 1. The lowest BCUT2D eigenvalue weighted by Crippen LogP contribution is -2.28. The minimum Gasteiger partial charge on any atom is -0.384 e. The largest absolute Gasteiger partial charge is 0.384 e. The van der Waals surface area contributed by atoms with Gasteiger partial charge in [-0.1, -0.05) is 12.1 Å². The molecule has 2 aliphatic rings. The third kappa shape index (κ3) is 2.30. The Morgan fingerprint density at radius 2 is 2.10 bits per heavy atom. The second-order valence-electron chi connectivity index (χ2n) is 5.16. The predicted molar refractivity (Wildman–Crippen MR) is 73.0 cm³/mol. The summed E-state index contributed by atoms with van der Waals surface area (Å²) in [6.45, 7) is 1.41. The molecule has 6 nitrogen and oxygen atoms in total. The summed E-state index contributed by atoms with van der Waals surface area (Å²) in [7, 11) is 0. The fraction of sp³-hybridized carbons (Fsp3) is 0.357. The Morgan fingerprint density at radius 1 is 1.40 bits per heavy atom. The van der Waals surface area contributed by atoms with E-state index in [1.54, 1.807) is 12.1 Å². The molecule has 0 bridgehead atoms. The summed E-state index contributed by atoms with van der Waals surface area (Å²) in [5.41, 5.74) is 4.98.